The van der Waals surface area contributed by atoms with Crippen molar-refractivity contribution in [3.05, 3.63) is 0 Å². The molecule has 19 heavy (non-hydrogen) atoms. The molecule has 2 atom stereocenters. The van der Waals surface area contributed by atoms with Crippen molar-refractivity contribution in [2.45, 2.75) is 39.7 Å². The highest BCUT2D eigenvalue weighted by Crippen LogP contribution is 2.21. The maximum Gasteiger partial charge on any atom is 0.303 e. The predicted octanol–water partition coefficient (Wildman–Crippen LogP) is 0.470. The molecule has 6 heteroatoms. The standard InChI is InChI=1S/C13H22N2O4/c1-8(2)12(14-9(3)16)13(19)15-5-4-10(7-15)6-11(17)18/h8,10,12H,4-7H2,1-3H3,(H,14,16)(H,17,18). The SMILES string of the molecule is CC(=O)NC(C(=O)N1CCC(CC(=O)O)C1)C(C)C. The maximum atomic E-state index is 12.3. The van der Waals surface area contributed by atoms with Crippen LogP contribution in [0.5, 0.6) is 0 Å². The summed E-state index contributed by atoms with van der Waals surface area (Å²) in [5, 5.41) is 11.4. The first-order valence-electron chi connectivity index (χ1n) is 6.59. The third kappa shape index (κ3) is 4.54. The summed E-state index contributed by atoms with van der Waals surface area (Å²) in [6, 6.07) is -0.527. The van der Waals surface area contributed by atoms with Gasteiger partial charge in [0, 0.05) is 26.4 Å². The molecule has 0 saturated carbocycles. The van der Waals surface area contributed by atoms with Gasteiger partial charge in [-0.3, -0.25) is 14.4 Å². The van der Waals surface area contributed by atoms with Crippen LogP contribution in [0.3, 0.4) is 0 Å². The minimum Gasteiger partial charge on any atom is -0.481 e. The molecule has 0 radical (unpaired) electrons. The molecule has 1 aliphatic heterocycles. The zero-order valence-corrected chi connectivity index (χ0v) is 11.7. The second-order valence-electron chi connectivity index (χ2n) is 5.46. The number of carboxylic acids is 1. The van der Waals surface area contributed by atoms with Gasteiger partial charge in [0.05, 0.1) is 0 Å². The smallest absolute Gasteiger partial charge is 0.303 e. The van der Waals surface area contributed by atoms with Crippen molar-refractivity contribution < 1.29 is 19.5 Å². The van der Waals surface area contributed by atoms with E-state index in [0.717, 1.165) is 0 Å². The molecule has 2 N–H and O–H groups in total. The lowest BCUT2D eigenvalue weighted by Gasteiger charge is -2.26. The first kappa shape index (κ1) is 15.5. The number of likely N-dealkylation sites (tertiary alicyclic amines) is 1. The minimum atomic E-state index is -0.832. The molecule has 1 heterocycles. The second kappa shape index (κ2) is 6.54. The van der Waals surface area contributed by atoms with Crippen LogP contribution in [-0.2, 0) is 14.4 Å². The van der Waals surface area contributed by atoms with Crippen LogP contribution in [0, 0.1) is 11.8 Å². The van der Waals surface area contributed by atoms with Gasteiger partial charge < -0.3 is 15.3 Å². The highest BCUT2D eigenvalue weighted by Gasteiger charge is 2.33. The molecule has 2 amide bonds. The van der Waals surface area contributed by atoms with E-state index in [9.17, 15) is 14.4 Å². The highest BCUT2D eigenvalue weighted by molar-refractivity contribution is 5.87. The molecular formula is C13H22N2O4. The number of carboxylic acid groups (broad SMARTS) is 1. The van der Waals surface area contributed by atoms with Gasteiger partial charge in [-0.2, -0.15) is 0 Å². The Hall–Kier alpha value is -1.59. The number of hydrogen-bond donors (Lipinski definition) is 2. The van der Waals surface area contributed by atoms with Gasteiger partial charge in [0.2, 0.25) is 11.8 Å². The van der Waals surface area contributed by atoms with Crippen LogP contribution in [0.15, 0.2) is 0 Å². The molecule has 1 rings (SSSR count). The summed E-state index contributed by atoms with van der Waals surface area (Å²) in [6.45, 7) is 6.18. The van der Waals surface area contributed by atoms with Crippen LogP contribution in [-0.4, -0.2) is 46.9 Å². The number of aliphatic carboxylic acids is 1. The lowest BCUT2D eigenvalue weighted by atomic mass is 10.0. The molecule has 0 aliphatic carbocycles. The molecule has 1 saturated heterocycles. The molecular weight excluding hydrogens is 248 g/mol. The van der Waals surface area contributed by atoms with Gasteiger partial charge >= 0.3 is 5.97 Å². The Labute approximate surface area is 113 Å². The van der Waals surface area contributed by atoms with Gasteiger partial charge in [-0.25, -0.2) is 0 Å². The average molecular weight is 270 g/mol. The van der Waals surface area contributed by atoms with E-state index in [4.69, 9.17) is 5.11 Å². The van der Waals surface area contributed by atoms with Crippen molar-refractivity contribution in [2.75, 3.05) is 13.1 Å². The summed E-state index contributed by atoms with van der Waals surface area (Å²) < 4.78 is 0. The van der Waals surface area contributed by atoms with Crippen molar-refractivity contribution >= 4 is 17.8 Å². The number of nitrogens with zero attached hydrogens (tertiary/aromatic N) is 1. The van der Waals surface area contributed by atoms with Crippen LogP contribution >= 0.6 is 0 Å². The summed E-state index contributed by atoms with van der Waals surface area (Å²) in [5.41, 5.74) is 0. The Balaban J connectivity index is 2.61. The van der Waals surface area contributed by atoms with Gasteiger partial charge in [0.1, 0.15) is 6.04 Å². The van der Waals surface area contributed by atoms with Crippen molar-refractivity contribution in [3.63, 3.8) is 0 Å². The summed E-state index contributed by atoms with van der Waals surface area (Å²) in [5.74, 6) is -1.14. The van der Waals surface area contributed by atoms with E-state index in [0.29, 0.717) is 19.5 Å². The fraction of sp³-hybridized carbons (Fsp3) is 0.769. The van der Waals surface area contributed by atoms with Crippen LogP contribution in [0.2, 0.25) is 0 Å². The normalized spacial score (nSPS) is 20.4. The third-order valence-corrected chi connectivity index (χ3v) is 3.35. The third-order valence-electron chi connectivity index (χ3n) is 3.35. The molecule has 0 aromatic carbocycles. The van der Waals surface area contributed by atoms with E-state index in [2.05, 4.69) is 5.32 Å². The fourth-order valence-electron chi connectivity index (χ4n) is 2.38. The van der Waals surface area contributed by atoms with Crippen LogP contribution in [0.25, 0.3) is 0 Å². The number of rotatable bonds is 5. The largest absolute Gasteiger partial charge is 0.481 e. The Morgan fingerprint density at radius 3 is 2.47 bits per heavy atom. The van der Waals surface area contributed by atoms with Crippen LogP contribution in [0.4, 0.5) is 0 Å². The van der Waals surface area contributed by atoms with Crippen molar-refractivity contribution in [2.24, 2.45) is 11.8 Å². The molecule has 0 aromatic rings. The van der Waals surface area contributed by atoms with E-state index >= 15 is 0 Å². The number of carbonyl (C=O) groups is 3. The van der Waals surface area contributed by atoms with Gasteiger partial charge in [-0.05, 0) is 18.3 Å². The molecule has 0 spiro atoms. The average Bonchev–Trinajstić information content (AvgIpc) is 2.71. The molecule has 6 nitrogen and oxygen atoms in total. The molecule has 0 bridgehead atoms. The Bertz CT molecular complexity index is 368. The summed E-state index contributed by atoms with van der Waals surface area (Å²) in [7, 11) is 0. The van der Waals surface area contributed by atoms with Crippen molar-refractivity contribution in [1.29, 1.82) is 0 Å². The van der Waals surface area contributed by atoms with Gasteiger partial charge in [0.25, 0.3) is 0 Å². The van der Waals surface area contributed by atoms with Crippen LogP contribution < -0.4 is 5.32 Å². The Kier molecular flexibility index (Phi) is 5.32. The predicted molar refractivity (Wildman–Crippen MR) is 69.4 cm³/mol. The van der Waals surface area contributed by atoms with E-state index in [-0.39, 0.29) is 30.1 Å². The quantitative estimate of drug-likeness (QED) is 0.760. The molecule has 1 aliphatic rings. The van der Waals surface area contributed by atoms with E-state index in [1.54, 1.807) is 4.90 Å². The molecule has 2 unspecified atom stereocenters. The molecule has 108 valence electrons. The van der Waals surface area contributed by atoms with E-state index in [1.807, 2.05) is 13.8 Å². The first-order chi connectivity index (χ1) is 8.81. The zero-order chi connectivity index (χ0) is 14.6. The van der Waals surface area contributed by atoms with Crippen LogP contribution in [0.1, 0.15) is 33.6 Å². The molecule has 1 fully saturated rings. The van der Waals surface area contributed by atoms with Crippen molar-refractivity contribution in [3.8, 4) is 0 Å². The number of carbonyl (C=O) groups excluding carboxylic acids is 2. The lowest BCUT2D eigenvalue weighted by Crippen LogP contribution is -2.50. The second-order valence-corrected chi connectivity index (χ2v) is 5.46. The Morgan fingerprint density at radius 2 is 2.00 bits per heavy atom. The fourth-order valence-corrected chi connectivity index (χ4v) is 2.38. The Morgan fingerprint density at radius 1 is 1.37 bits per heavy atom. The summed E-state index contributed by atoms with van der Waals surface area (Å²) >= 11 is 0. The lowest BCUT2D eigenvalue weighted by molar-refractivity contribution is -0.139. The zero-order valence-electron chi connectivity index (χ0n) is 11.7. The number of hydrogen-bond acceptors (Lipinski definition) is 3. The monoisotopic (exact) mass is 270 g/mol. The number of nitrogens with one attached hydrogen (secondary N) is 1. The van der Waals surface area contributed by atoms with Gasteiger partial charge in [-0.15, -0.1) is 0 Å². The maximum absolute atomic E-state index is 12.3. The van der Waals surface area contributed by atoms with Crippen molar-refractivity contribution in [1.82, 2.24) is 10.2 Å². The first-order valence-corrected chi connectivity index (χ1v) is 6.59. The topological polar surface area (TPSA) is 86.7 Å². The van der Waals surface area contributed by atoms with E-state index in [1.165, 1.54) is 6.92 Å². The van der Waals surface area contributed by atoms with Gasteiger partial charge in [0.15, 0.2) is 0 Å². The molecule has 0 aromatic heterocycles. The summed E-state index contributed by atoms with van der Waals surface area (Å²) in [4.78, 5) is 35.8. The summed E-state index contributed by atoms with van der Waals surface area (Å²) in [6.07, 6.45) is 0.805. The number of amides is 2. The highest BCUT2D eigenvalue weighted by atomic mass is 16.4. The van der Waals surface area contributed by atoms with E-state index < -0.39 is 12.0 Å². The minimum absolute atomic E-state index is 0.00919. The van der Waals surface area contributed by atoms with Gasteiger partial charge in [-0.1, -0.05) is 13.8 Å².